The Labute approximate surface area is 111 Å². The van der Waals surface area contributed by atoms with Crippen LogP contribution in [0.1, 0.15) is 37.3 Å². The summed E-state index contributed by atoms with van der Waals surface area (Å²) in [6, 6.07) is 8.58. The van der Waals surface area contributed by atoms with Gasteiger partial charge in [0.05, 0.1) is 0 Å². The van der Waals surface area contributed by atoms with E-state index < -0.39 is 0 Å². The Morgan fingerprint density at radius 2 is 1.83 bits per heavy atom. The van der Waals surface area contributed by atoms with Crippen LogP contribution in [0.25, 0.3) is 0 Å². The fourth-order valence-electron chi connectivity index (χ4n) is 2.90. The van der Waals surface area contributed by atoms with Crippen LogP contribution in [-0.2, 0) is 13.0 Å². The molecule has 1 aromatic rings. The summed E-state index contributed by atoms with van der Waals surface area (Å²) in [5.41, 5.74) is 8.52. The summed E-state index contributed by atoms with van der Waals surface area (Å²) < 4.78 is 0. The summed E-state index contributed by atoms with van der Waals surface area (Å²) in [6.07, 6.45) is 5.26. The van der Waals surface area contributed by atoms with Crippen molar-refractivity contribution in [1.82, 2.24) is 4.90 Å². The number of nitrogens with zero attached hydrogens (tertiary/aromatic N) is 1. The molecule has 1 saturated heterocycles. The minimum atomic E-state index is 0.661. The molecular formula is C16H26N2. The lowest BCUT2D eigenvalue weighted by Gasteiger charge is -2.31. The van der Waals surface area contributed by atoms with Gasteiger partial charge >= 0.3 is 0 Å². The molecule has 0 aliphatic carbocycles. The van der Waals surface area contributed by atoms with Crippen molar-refractivity contribution in [3.8, 4) is 0 Å². The largest absolute Gasteiger partial charge is 0.326 e. The van der Waals surface area contributed by atoms with Gasteiger partial charge in [-0.05, 0) is 49.4 Å². The van der Waals surface area contributed by atoms with Crippen molar-refractivity contribution in [3.05, 3.63) is 35.4 Å². The number of hydrogen-bond donors (Lipinski definition) is 1. The van der Waals surface area contributed by atoms with Crippen molar-refractivity contribution >= 4 is 0 Å². The van der Waals surface area contributed by atoms with E-state index in [-0.39, 0.29) is 0 Å². The van der Waals surface area contributed by atoms with E-state index in [0.717, 1.165) is 12.3 Å². The molecule has 2 heteroatoms. The molecule has 1 heterocycles. The maximum absolute atomic E-state index is 5.78. The Morgan fingerprint density at radius 3 is 2.44 bits per heavy atom. The van der Waals surface area contributed by atoms with Crippen molar-refractivity contribution in [2.24, 2.45) is 11.7 Å². The standard InChI is InChI=1S/C16H26N2/c1-2-14-7-10-18(11-8-14)12-9-15-5-3-4-6-16(15)13-17/h3-6,14H,2,7-13,17H2,1H3. The van der Waals surface area contributed by atoms with Gasteiger partial charge in [0.1, 0.15) is 0 Å². The summed E-state index contributed by atoms with van der Waals surface area (Å²) in [5, 5.41) is 0. The Morgan fingerprint density at radius 1 is 1.17 bits per heavy atom. The van der Waals surface area contributed by atoms with E-state index in [2.05, 4.69) is 36.1 Å². The molecule has 18 heavy (non-hydrogen) atoms. The van der Waals surface area contributed by atoms with Gasteiger partial charge in [-0.25, -0.2) is 0 Å². The van der Waals surface area contributed by atoms with Gasteiger partial charge in [-0.3, -0.25) is 0 Å². The summed E-state index contributed by atoms with van der Waals surface area (Å²) in [4.78, 5) is 2.61. The quantitative estimate of drug-likeness (QED) is 0.865. The average molecular weight is 246 g/mol. The van der Waals surface area contributed by atoms with Crippen molar-refractivity contribution in [3.63, 3.8) is 0 Å². The van der Waals surface area contributed by atoms with Crippen LogP contribution >= 0.6 is 0 Å². The molecule has 0 saturated carbocycles. The lowest BCUT2D eigenvalue weighted by molar-refractivity contribution is 0.183. The summed E-state index contributed by atoms with van der Waals surface area (Å²) in [6.45, 7) is 6.73. The molecule has 0 spiro atoms. The predicted molar refractivity (Wildman–Crippen MR) is 77.5 cm³/mol. The third kappa shape index (κ3) is 3.56. The van der Waals surface area contributed by atoms with E-state index in [1.165, 1.54) is 50.0 Å². The summed E-state index contributed by atoms with van der Waals surface area (Å²) in [5.74, 6) is 0.970. The zero-order chi connectivity index (χ0) is 12.8. The predicted octanol–water partition coefficient (Wildman–Crippen LogP) is 2.81. The highest BCUT2D eigenvalue weighted by Gasteiger charge is 2.17. The average Bonchev–Trinajstić information content (AvgIpc) is 2.46. The van der Waals surface area contributed by atoms with Gasteiger partial charge in [-0.1, -0.05) is 37.6 Å². The molecule has 0 bridgehead atoms. The third-order valence-corrected chi connectivity index (χ3v) is 4.32. The van der Waals surface area contributed by atoms with Crippen LogP contribution in [-0.4, -0.2) is 24.5 Å². The molecular weight excluding hydrogens is 220 g/mol. The highest BCUT2D eigenvalue weighted by molar-refractivity contribution is 5.27. The minimum Gasteiger partial charge on any atom is -0.326 e. The van der Waals surface area contributed by atoms with E-state index in [9.17, 15) is 0 Å². The fourth-order valence-corrected chi connectivity index (χ4v) is 2.90. The number of likely N-dealkylation sites (tertiary alicyclic amines) is 1. The van der Waals surface area contributed by atoms with Gasteiger partial charge in [-0.15, -0.1) is 0 Å². The monoisotopic (exact) mass is 246 g/mol. The molecule has 1 fully saturated rings. The lowest BCUT2D eigenvalue weighted by Crippen LogP contribution is -2.35. The van der Waals surface area contributed by atoms with Gasteiger partial charge in [0.2, 0.25) is 0 Å². The molecule has 0 aromatic heterocycles. The van der Waals surface area contributed by atoms with E-state index in [0.29, 0.717) is 6.54 Å². The maximum Gasteiger partial charge on any atom is 0.0180 e. The molecule has 0 amide bonds. The number of benzene rings is 1. The highest BCUT2D eigenvalue weighted by atomic mass is 15.1. The number of hydrogen-bond acceptors (Lipinski definition) is 2. The van der Waals surface area contributed by atoms with Crippen LogP contribution < -0.4 is 5.73 Å². The zero-order valence-corrected chi connectivity index (χ0v) is 11.6. The Hall–Kier alpha value is -0.860. The second-order valence-electron chi connectivity index (χ2n) is 5.42. The van der Waals surface area contributed by atoms with Gasteiger partial charge in [0.15, 0.2) is 0 Å². The molecule has 0 unspecified atom stereocenters. The van der Waals surface area contributed by atoms with Crippen LogP contribution in [0.4, 0.5) is 0 Å². The molecule has 100 valence electrons. The second kappa shape index (κ2) is 6.91. The van der Waals surface area contributed by atoms with Crippen LogP contribution in [0.2, 0.25) is 0 Å². The number of piperidine rings is 1. The van der Waals surface area contributed by atoms with Gasteiger partial charge in [0.25, 0.3) is 0 Å². The summed E-state index contributed by atoms with van der Waals surface area (Å²) in [7, 11) is 0. The Kier molecular flexibility index (Phi) is 5.21. The number of rotatable bonds is 5. The van der Waals surface area contributed by atoms with E-state index in [1.54, 1.807) is 0 Å². The first-order valence-corrected chi connectivity index (χ1v) is 7.32. The van der Waals surface area contributed by atoms with Crippen molar-refractivity contribution in [2.45, 2.75) is 39.2 Å². The first kappa shape index (κ1) is 13.6. The Balaban J connectivity index is 1.81. The van der Waals surface area contributed by atoms with Crippen molar-refractivity contribution < 1.29 is 0 Å². The third-order valence-electron chi connectivity index (χ3n) is 4.32. The zero-order valence-electron chi connectivity index (χ0n) is 11.6. The van der Waals surface area contributed by atoms with Crippen LogP contribution in [0.5, 0.6) is 0 Å². The van der Waals surface area contributed by atoms with E-state index in [1.807, 2.05) is 0 Å². The SMILES string of the molecule is CCC1CCN(CCc2ccccc2CN)CC1. The van der Waals surface area contributed by atoms with E-state index in [4.69, 9.17) is 5.73 Å². The smallest absolute Gasteiger partial charge is 0.0180 e. The van der Waals surface area contributed by atoms with Gasteiger partial charge in [0, 0.05) is 13.1 Å². The normalized spacial score (nSPS) is 18.1. The lowest BCUT2D eigenvalue weighted by atomic mass is 9.94. The van der Waals surface area contributed by atoms with Crippen LogP contribution in [0.3, 0.4) is 0 Å². The van der Waals surface area contributed by atoms with Crippen molar-refractivity contribution in [2.75, 3.05) is 19.6 Å². The molecule has 2 N–H and O–H groups in total. The van der Waals surface area contributed by atoms with Crippen LogP contribution in [0.15, 0.2) is 24.3 Å². The molecule has 1 aliphatic rings. The van der Waals surface area contributed by atoms with Crippen molar-refractivity contribution in [1.29, 1.82) is 0 Å². The van der Waals surface area contributed by atoms with E-state index >= 15 is 0 Å². The molecule has 1 aliphatic heterocycles. The summed E-state index contributed by atoms with van der Waals surface area (Å²) >= 11 is 0. The first-order valence-electron chi connectivity index (χ1n) is 7.32. The maximum atomic E-state index is 5.78. The van der Waals surface area contributed by atoms with Gasteiger partial charge in [-0.2, -0.15) is 0 Å². The highest BCUT2D eigenvalue weighted by Crippen LogP contribution is 2.20. The fraction of sp³-hybridized carbons (Fsp3) is 0.625. The minimum absolute atomic E-state index is 0.661. The molecule has 2 nitrogen and oxygen atoms in total. The Bertz CT molecular complexity index is 354. The molecule has 1 aromatic carbocycles. The molecule has 0 radical (unpaired) electrons. The first-order chi connectivity index (χ1) is 8.83. The van der Waals surface area contributed by atoms with Gasteiger partial charge < -0.3 is 10.6 Å². The van der Waals surface area contributed by atoms with Crippen LogP contribution in [0, 0.1) is 5.92 Å². The topological polar surface area (TPSA) is 29.3 Å². The molecule has 0 atom stereocenters. The molecule has 2 rings (SSSR count). The second-order valence-corrected chi connectivity index (χ2v) is 5.42. The number of nitrogens with two attached hydrogens (primary N) is 1.